The average Bonchev–Trinajstić information content (AvgIpc) is 2.13. The Balaban J connectivity index is 3.10. The molecule has 2 N–H and O–H groups in total. The largest absolute Gasteiger partial charge is 0.534 e. The number of aromatic carboxylic acids is 1. The highest BCUT2D eigenvalue weighted by molar-refractivity contribution is 5.85. The fourth-order valence-corrected chi connectivity index (χ4v) is 0.701. The summed E-state index contributed by atoms with van der Waals surface area (Å²) < 4.78 is 0. The number of carboxylic acids is 1. The van der Waals surface area contributed by atoms with Gasteiger partial charge in [-0.1, -0.05) is 19.5 Å². The van der Waals surface area contributed by atoms with Crippen molar-refractivity contribution in [3.8, 4) is 0 Å². The Morgan fingerprint density at radius 2 is 2.20 bits per heavy atom. The van der Waals surface area contributed by atoms with Gasteiger partial charge in [0.05, 0.1) is 0 Å². The van der Waals surface area contributed by atoms with Crippen molar-refractivity contribution < 1.29 is 9.90 Å². The minimum atomic E-state index is -0.962. The van der Waals surface area contributed by atoms with Gasteiger partial charge in [0.2, 0.25) is 5.97 Å². The zero-order chi connectivity index (χ0) is 7.72. The molecule has 0 aromatic carbocycles. The predicted molar refractivity (Wildman–Crippen MR) is 36.1 cm³/mol. The SMILES string of the molecule is Cc1[c-]c(C(=O)O)[nH]c1C. The number of aromatic nitrogens is 1. The summed E-state index contributed by atoms with van der Waals surface area (Å²) in [5.41, 5.74) is 1.85. The van der Waals surface area contributed by atoms with E-state index in [-0.39, 0.29) is 5.69 Å². The van der Waals surface area contributed by atoms with Gasteiger partial charge in [0, 0.05) is 0 Å². The van der Waals surface area contributed by atoms with Crippen LogP contribution in [0.3, 0.4) is 0 Å². The number of rotatable bonds is 1. The second-order valence-corrected chi connectivity index (χ2v) is 2.18. The van der Waals surface area contributed by atoms with Crippen molar-refractivity contribution in [3.63, 3.8) is 0 Å². The van der Waals surface area contributed by atoms with Crippen LogP contribution < -0.4 is 0 Å². The third kappa shape index (κ3) is 1.03. The summed E-state index contributed by atoms with van der Waals surface area (Å²) in [5.74, 6) is -0.962. The van der Waals surface area contributed by atoms with Gasteiger partial charge in [-0.2, -0.15) is 0 Å². The molecule has 0 bridgehead atoms. The van der Waals surface area contributed by atoms with Gasteiger partial charge < -0.3 is 14.9 Å². The highest BCUT2D eigenvalue weighted by Gasteiger charge is 1.95. The van der Waals surface area contributed by atoms with E-state index in [1.165, 1.54) is 0 Å². The summed E-state index contributed by atoms with van der Waals surface area (Å²) >= 11 is 0. The monoisotopic (exact) mass is 138 g/mol. The molecule has 0 saturated carbocycles. The maximum Gasteiger partial charge on any atom is 0.244 e. The Bertz CT molecular complexity index is 243. The maximum atomic E-state index is 10.3. The Hall–Kier alpha value is -1.25. The summed E-state index contributed by atoms with van der Waals surface area (Å²) in [7, 11) is 0. The molecule has 54 valence electrons. The molecule has 1 rings (SSSR count). The average molecular weight is 138 g/mol. The third-order valence-corrected chi connectivity index (χ3v) is 1.40. The van der Waals surface area contributed by atoms with E-state index in [1.54, 1.807) is 0 Å². The molecule has 1 aromatic heterocycles. The number of carboxylic acid groups (broad SMARTS) is 1. The topological polar surface area (TPSA) is 53.1 Å². The molecule has 0 radical (unpaired) electrons. The second-order valence-electron chi connectivity index (χ2n) is 2.18. The molecule has 0 amide bonds. The highest BCUT2D eigenvalue weighted by Crippen LogP contribution is 2.06. The van der Waals surface area contributed by atoms with Crippen LogP contribution in [0.15, 0.2) is 0 Å². The summed E-state index contributed by atoms with van der Waals surface area (Å²) in [6.07, 6.45) is 0. The number of carbonyl (C=O) groups is 1. The van der Waals surface area contributed by atoms with E-state index in [0.29, 0.717) is 0 Å². The van der Waals surface area contributed by atoms with Crippen molar-refractivity contribution in [2.45, 2.75) is 13.8 Å². The van der Waals surface area contributed by atoms with Crippen LogP contribution in [0.4, 0.5) is 0 Å². The van der Waals surface area contributed by atoms with E-state index >= 15 is 0 Å². The Kier molecular flexibility index (Phi) is 1.49. The number of H-pyrrole nitrogens is 1. The van der Waals surface area contributed by atoms with Gasteiger partial charge in [-0.15, -0.1) is 11.6 Å². The molecule has 3 heteroatoms. The highest BCUT2D eigenvalue weighted by atomic mass is 16.4. The fourth-order valence-electron chi connectivity index (χ4n) is 0.701. The van der Waals surface area contributed by atoms with Gasteiger partial charge in [0.1, 0.15) is 0 Å². The zero-order valence-corrected chi connectivity index (χ0v) is 5.86. The van der Waals surface area contributed by atoms with E-state index in [9.17, 15) is 4.79 Å². The molecule has 3 nitrogen and oxygen atoms in total. The van der Waals surface area contributed by atoms with Crippen molar-refractivity contribution in [3.05, 3.63) is 23.0 Å². The number of aryl methyl sites for hydroxylation is 2. The van der Waals surface area contributed by atoms with Gasteiger partial charge in [-0.3, -0.25) is 0 Å². The van der Waals surface area contributed by atoms with E-state index in [4.69, 9.17) is 5.11 Å². The maximum absolute atomic E-state index is 10.3. The summed E-state index contributed by atoms with van der Waals surface area (Å²) in [6.45, 7) is 3.64. The lowest BCUT2D eigenvalue weighted by Crippen LogP contribution is -1.95. The molecule has 0 aliphatic heterocycles. The lowest BCUT2D eigenvalue weighted by molar-refractivity contribution is 0.0690. The van der Waals surface area contributed by atoms with Crippen LogP contribution in [0, 0.1) is 19.9 Å². The van der Waals surface area contributed by atoms with Gasteiger partial charge in [-0.25, -0.2) is 0 Å². The first kappa shape index (κ1) is 6.86. The normalized spacial score (nSPS) is 9.80. The minimum Gasteiger partial charge on any atom is -0.534 e. The van der Waals surface area contributed by atoms with Crippen molar-refractivity contribution in [1.82, 2.24) is 4.98 Å². The van der Waals surface area contributed by atoms with Crippen LogP contribution in [0.2, 0.25) is 0 Å². The molecule has 0 unspecified atom stereocenters. The Morgan fingerprint density at radius 3 is 2.40 bits per heavy atom. The Morgan fingerprint density at radius 1 is 1.60 bits per heavy atom. The number of aromatic amines is 1. The summed E-state index contributed by atoms with van der Waals surface area (Å²) in [5, 5.41) is 8.46. The fraction of sp³-hybridized carbons (Fsp3) is 0.286. The molecule has 0 saturated heterocycles. The van der Waals surface area contributed by atoms with Gasteiger partial charge in [-0.05, 0) is 5.69 Å². The van der Waals surface area contributed by atoms with Crippen LogP contribution in [0.5, 0.6) is 0 Å². The molecule has 0 aliphatic carbocycles. The molecular weight excluding hydrogens is 130 g/mol. The van der Waals surface area contributed by atoms with Crippen LogP contribution >= 0.6 is 0 Å². The predicted octanol–water partition coefficient (Wildman–Crippen LogP) is 1.13. The Labute approximate surface area is 58.7 Å². The van der Waals surface area contributed by atoms with E-state index in [2.05, 4.69) is 11.1 Å². The van der Waals surface area contributed by atoms with Crippen LogP contribution in [-0.2, 0) is 0 Å². The quantitative estimate of drug-likeness (QED) is 0.571. The summed E-state index contributed by atoms with van der Waals surface area (Å²) in [6, 6.07) is 2.69. The van der Waals surface area contributed by atoms with Crippen molar-refractivity contribution in [2.24, 2.45) is 0 Å². The molecule has 0 atom stereocenters. The number of hydrogen-bond acceptors (Lipinski definition) is 1. The first-order valence-corrected chi connectivity index (χ1v) is 2.93. The third-order valence-electron chi connectivity index (χ3n) is 1.40. The van der Waals surface area contributed by atoms with E-state index < -0.39 is 5.97 Å². The van der Waals surface area contributed by atoms with Crippen LogP contribution in [-0.4, -0.2) is 16.1 Å². The molecular formula is C7H8NO2-. The lowest BCUT2D eigenvalue weighted by atomic mass is 10.3. The molecule has 0 aliphatic rings. The first-order chi connectivity index (χ1) is 4.61. The standard InChI is InChI=1S/C7H8NO2/c1-4-3-6(7(9)10)8-5(4)2/h8H,1-2H3,(H,9,10)/q-1. The molecule has 10 heavy (non-hydrogen) atoms. The number of hydrogen-bond donors (Lipinski definition) is 2. The van der Waals surface area contributed by atoms with E-state index in [0.717, 1.165) is 11.3 Å². The molecule has 1 aromatic rings. The van der Waals surface area contributed by atoms with Gasteiger partial charge in [0.15, 0.2) is 0 Å². The first-order valence-electron chi connectivity index (χ1n) is 2.93. The van der Waals surface area contributed by atoms with E-state index in [1.807, 2.05) is 13.8 Å². The molecule has 0 fully saturated rings. The molecule has 1 heterocycles. The van der Waals surface area contributed by atoms with Crippen molar-refractivity contribution in [1.29, 1.82) is 0 Å². The van der Waals surface area contributed by atoms with Gasteiger partial charge in [0.25, 0.3) is 0 Å². The van der Waals surface area contributed by atoms with Crippen LogP contribution in [0.1, 0.15) is 21.7 Å². The zero-order valence-electron chi connectivity index (χ0n) is 5.86. The minimum absolute atomic E-state index is 0.134. The molecule has 0 spiro atoms. The summed E-state index contributed by atoms with van der Waals surface area (Å²) in [4.78, 5) is 13.0. The van der Waals surface area contributed by atoms with Crippen molar-refractivity contribution >= 4 is 5.97 Å². The van der Waals surface area contributed by atoms with Crippen molar-refractivity contribution in [2.75, 3.05) is 0 Å². The second kappa shape index (κ2) is 2.17. The van der Waals surface area contributed by atoms with Gasteiger partial charge >= 0.3 is 0 Å². The van der Waals surface area contributed by atoms with Crippen LogP contribution in [0.25, 0.3) is 0 Å². The lowest BCUT2D eigenvalue weighted by Gasteiger charge is -1.93. The number of nitrogens with one attached hydrogen (secondary N) is 1. The smallest absolute Gasteiger partial charge is 0.244 e.